The third-order valence-corrected chi connectivity index (χ3v) is 9.36. The second-order valence-electron chi connectivity index (χ2n) is 10.5. The van der Waals surface area contributed by atoms with Crippen molar-refractivity contribution in [3.05, 3.63) is 118 Å². The fourth-order valence-electron chi connectivity index (χ4n) is 4.96. The molecule has 44 heavy (non-hydrogen) atoms. The van der Waals surface area contributed by atoms with E-state index in [4.69, 9.17) is 32.7 Å². The molecule has 10 heteroatoms. The highest BCUT2D eigenvalue weighted by Crippen LogP contribution is 2.28. The summed E-state index contributed by atoms with van der Waals surface area (Å²) >= 11 is 12.6. The molecule has 0 saturated heterocycles. The first kappa shape index (κ1) is 31.4. The maximum atomic E-state index is 12.9. The van der Waals surface area contributed by atoms with Crippen molar-refractivity contribution in [1.82, 2.24) is 9.29 Å². The zero-order valence-electron chi connectivity index (χ0n) is 24.3. The molecule has 7 nitrogen and oxygen atoms in total. The largest absolute Gasteiger partial charge is 0.494 e. The maximum absolute atomic E-state index is 12.9. The average molecular weight is 652 g/mol. The summed E-state index contributed by atoms with van der Waals surface area (Å²) in [5, 5.41) is 2.35. The Kier molecular flexibility index (Phi) is 9.84. The highest BCUT2D eigenvalue weighted by Gasteiger charge is 2.18. The van der Waals surface area contributed by atoms with E-state index in [-0.39, 0.29) is 17.9 Å². The first-order chi connectivity index (χ1) is 21.1. The standard InChI is InChI=1S/C34H32Cl2N2O5S/c1-23-19-29(20-24(2)34(23)36)42-18-6-7-25-22-38(32-21-26(35)10-15-31(25)32)17-16-33(39)37-44(40,41)30-13-11-28(12-14-30)43-27-8-4-3-5-9-27/h3-5,8-15,19-22H,6-7,16-18H2,1-2H3,(H,37,39). The van der Waals surface area contributed by atoms with Gasteiger partial charge in [0, 0.05) is 40.1 Å². The number of nitrogens with one attached hydrogen (secondary N) is 1. The number of ether oxygens (including phenoxy) is 2. The monoisotopic (exact) mass is 650 g/mol. The topological polar surface area (TPSA) is 86.6 Å². The van der Waals surface area contributed by atoms with Crippen LogP contribution >= 0.6 is 23.2 Å². The Morgan fingerprint density at radius 1 is 0.864 bits per heavy atom. The van der Waals surface area contributed by atoms with Crippen molar-refractivity contribution in [2.24, 2.45) is 0 Å². The predicted molar refractivity (Wildman–Crippen MR) is 175 cm³/mol. The number of aromatic nitrogens is 1. The van der Waals surface area contributed by atoms with Crippen LogP contribution in [0.25, 0.3) is 10.9 Å². The summed E-state index contributed by atoms with van der Waals surface area (Å²) in [5.41, 5.74) is 3.92. The molecule has 0 fully saturated rings. The van der Waals surface area contributed by atoms with Gasteiger partial charge in [-0.15, -0.1) is 0 Å². The molecule has 1 aromatic heterocycles. The number of hydrogen-bond donors (Lipinski definition) is 1. The molecular formula is C34H32Cl2N2O5S. The molecule has 0 bridgehead atoms. The molecule has 5 rings (SSSR count). The SMILES string of the molecule is Cc1cc(OCCCc2cn(CCC(=O)NS(=O)(=O)c3ccc(Oc4ccccc4)cc3)c3cc(Cl)ccc23)cc(C)c1Cl. The number of carbonyl (C=O) groups is 1. The smallest absolute Gasteiger partial charge is 0.264 e. The van der Waals surface area contributed by atoms with Crippen LogP contribution in [-0.2, 0) is 27.8 Å². The van der Waals surface area contributed by atoms with Crippen LogP contribution in [0.4, 0.5) is 0 Å². The number of carbonyl (C=O) groups excluding carboxylic acids is 1. The van der Waals surface area contributed by atoms with E-state index in [1.807, 2.05) is 73.1 Å². The number of hydrogen-bond acceptors (Lipinski definition) is 5. The number of rotatable bonds is 12. The third-order valence-electron chi connectivity index (χ3n) is 7.14. The molecule has 1 amide bonds. The third kappa shape index (κ3) is 7.75. The molecule has 0 radical (unpaired) electrons. The molecular weight excluding hydrogens is 619 g/mol. The summed E-state index contributed by atoms with van der Waals surface area (Å²) in [7, 11) is -4.05. The highest BCUT2D eigenvalue weighted by molar-refractivity contribution is 7.90. The quantitative estimate of drug-likeness (QED) is 0.137. The van der Waals surface area contributed by atoms with E-state index in [9.17, 15) is 13.2 Å². The van der Waals surface area contributed by atoms with Crippen molar-refractivity contribution in [2.75, 3.05) is 6.61 Å². The van der Waals surface area contributed by atoms with Gasteiger partial charge in [-0.1, -0.05) is 47.5 Å². The van der Waals surface area contributed by atoms with Crippen LogP contribution in [0.2, 0.25) is 10.0 Å². The Morgan fingerprint density at radius 3 is 2.25 bits per heavy atom. The molecule has 0 atom stereocenters. The minimum atomic E-state index is -4.05. The van der Waals surface area contributed by atoms with Gasteiger partial charge in [0.05, 0.1) is 11.5 Å². The fourth-order valence-corrected chi connectivity index (χ4v) is 6.25. The number of fused-ring (bicyclic) bond motifs is 1. The zero-order chi connectivity index (χ0) is 31.3. The number of amides is 1. The van der Waals surface area contributed by atoms with Crippen LogP contribution in [0.1, 0.15) is 29.5 Å². The van der Waals surface area contributed by atoms with Gasteiger partial charge in [-0.25, -0.2) is 13.1 Å². The lowest BCUT2D eigenvalue weighted by Gasteiger charge is -2.10. The lowest BCUT2D eigenvalue weighted by molar-refractivity contribution is -0.119. The summed E-state index contributed by atoms with van der Waals surface area (Å²) < 4.78 is 41.5. The maximum Gasteiger partial charge on any atom is 0.264 e. The molecule has 0 aliphatic rings. The van der Waals surface area contributed by atoms with Gasteiger partial charge in [0.15, 0.2) is 0 Å². The Balaban J connectivity index is 1.19. The Morgan fingerprint density at radius 2 is 1.55 bits per heavy atom. The molecule has 0 unspecified atom stereocenters. The molecule has 1 N–H and O–H groups in total. The molecule has 1 heterocycles. The molecule has 0 saturated carbocycles. The zero-order valence-corrected chi connectivity index (χ0v) is 26.7. The first-order valence-corrected chi connectivity index (χ1v) is 16.4. The van der Waals surface area contributed by atoms with Crippen LogP contribution in [0.15, 0.2) is 96.0 Å². The van der Waals surface area contributed by atoms with E-state index < -0.39 is 15.9 Å². The molecule has 5 aromatic rings. The normalized spacial score (nSPS) is 11.5. The molecule has 0 spiro atoms. The predicted octanol–water partition coefficient (Wildman–Crippen LogP) is 8.26. The van der Waals surface area contributed by atoms with E-state index in [2.05, 4.69) is 4.72 Å². The lowest BCUT2D eigenvalue weighted by Crippen LogP contribution is -2.31. The number of sulfonamides is 1. The second kappa shape index (κ2) is 13.8. The van der Waals surface area contributed by atoms with Crippen LogP contribution in [0.5, 0.6) is 17.2 Å². The lowest BCUT2D eigenvalue weighted by atomic mass is 10.1. The van der Waals surface area contributed by atoms with E-state index in [0.717, 1.165) is 51.2 Å². The molecule has 0 aliphatic carbocycles. The summed E-state index contributed by atoms with van der Waals surface area (Å²) in [6.07, 6.45) is 3.48. The van der Waals surface area contributed by atoms with Crippen LogP contribution in [0.3, 0.4) is 0 Å². The van der Waals surface area contributed by atoms with E-state index in [1.165, 1.54) is 12.1 Å². The minimum absolute atomic E-state index is 0.0297. The van der Waals surface area contributed by atoms with Crippen LogP contribution in [-0.4, -0.2) is 25.5 Å². The number of halogens is 2. The summed E-state index contributed by atoms with van der Waals surface area (Å²) in [5.74, 6) is 1.30. The molecule has 228 valence electrons. The summed E-state index contributed by atoms with van der Waals surface area (Å²) in [6, 6.07) is 24.6. The van der Waals surface area contributed by atoms with Gasteiger partial charge in [0.25, 0.3) is 10.0 Å². The van der Waals surface area contributed by atoms with Gasteiger partial charge in [0.2, 0.25) is 5.91 Å². The van der Waals surface area contributed by atoms with Gasteiger partial charge in [-0.2, -0.15) is 0 Å². The van der Waals surface area contributed by atoms with Crippen LogP contribution in [0, 0.1) is 13.8 Å². The Bertz CT molecular complexity index is 1870. The Labute approximate surface area is 267 Å². The van der Waals surface area contributed by atoms with Gasteiger partial charge < -0.3 is 14.0 Å². The summed E-state index contributed by atoms with van der Waals surface area (Å²) in [4.78, 5) is 12.7. The number of nitrogens with zero attached hydrogens (tertiary/aromatic N) is 1. The van der Waals surface area contributed by atoms with Gasteiger partial charge in [0.1, 0.15) is 17.2 Å². The van der Waals surface area contributed by atoms with E-state index in [1.54, 1.807) is 24.3 Å². The fraction of sp³-hybridized carbons (Fsp3) is 0.206. The summed E-state index contributed by atoms with van der Waals surface area (Å²) in [6.45, 7) is 4.72. The number of para-hydroxylation sites is 1. The average Bonchev–Trinajstić information content (AvgIpc) is 3.34. The van der Waals surface area contributed by atoms with Crippen molar-refractivity contribution in [3.8, 4) is 17.2 Å². The van der Waals surface area contributed by atoms with Crippen LogP contribution < -0.4 is 14.2 Å². The Hall–Kier alpha value is -3.98. The molecule has 0 aliphatic heterocycles. The first-order valence-electron chi connectivity index (χ1n) is 14.1. The van der Waals surface area contributed by atoms with Gasteiger partial charge in [-0.05, 0) is 104 Å². The molecule has 4 aromatic carbocycles. The van der Waals surface area contributed by atoms with Crippen molar-refractivity contribution in [1.29, 1.82) is 0 Å². The van der Waals surface area contributed by atoms with Gasteiger partial charge in [-0.3, -0.25) is 4.79 Å². The minimum Gasteiger partial charge on any atom is -0.494 e. The second-order valence-corrected chi connectivity index (χ2v) is 13.0. The highest BCUT2D eigenvalue weighted by atomic mass is 35.5. The van der Waals surface area contributed by atoms with Crippen molar-refractivity contribution in [2.45, 2.75) is 44.6 Å². The van der Waals surface area contributed by atoms with Crippen molar-refractivity contribution in [3.63, 3.8) is 0 Å². The van der Waals surface area contributed by atoms with Gasteiger partial charge >= 0.3 is 0 Å². The van der Waals surface area contributed by atoms with E-state index in [0.29, 0.717) is 23.1 Å². The van der Waals surface area contributed by atoms with E-state index >= 15 is 0 Å². The van der Waals surface area contributed by atoms with Crippen molar-refractivity contribution >= 4 is 50.0 Å². The number of benzene rings is 4. The van der Waals surface area contributed by atoms with Crippen molar-refractivity contribution < 1.29 is 22.7 Å². The number of aryl methyl sites for hydroxylation is 4.